The van der Waals surface area contributed by atoms with Crippen molar-refractivity contribution in [3.63, 3.8) is 0 Å². The number of ether oxygens (including phenoxy) is 1. The fourth-order valence-electron chi connectivity index (χ4n) is 2.87. The summed E-state index contributed by atoms with van der Waals surface area (Å²) in [4.78, 5) is 20.7. The van der Waals surface area contributed by atoms with Crippen LogP contribution in [0.25, 0.3) is 6.08 Å². The van der Waals surface area contributed by atoms with E-state index in [9.17, 15) is 4.79 Å². The van der Waals surface area contributed by atoms with E-state index in [-0.39, 0.29) is 11.8 Å². The minimum absolute atomic E-state index is 0.186. The van der Waals surface area contributed by atoms with Gasteiger partial charge in [-0.3, -0.25) is 4.79 Å². The molecule has 0 aliphatic heterocycles. The van der Waals surface area contributed by atoms with Crippen molar-refractivity contribution in [2.24, 2.45) is 5.92 Å². The van der Waals surface area contributed by atoms with Gasteiger partial charge in [0.2, 0.25) is 11.9 Å². The van der Waals surface area contributed by atoms with E-state index in [2.05, 4.69) is 32.5 Å². The van der Waals surface area contributed by atoms with Gasteiger partial charge in [0.05, 0.1) is 7.11 Å². The molecule has 7 nitrogen and oxygen atoms in total. The molecule has 0 spiro atoms. The summed E-state index contributed by atoms with van der Waals surface area (Å²) in [5.74, 6) is 2.42. The lowest BCUT2D eigenvalue weighted by molar-refractivity contribution is -0.127. The molecule has 1 amide bonds. The largest absolute Gasteiger partial charge is 0.497 e. The zero-order valence-corrected chi connectivity index (χ0v) is 16.2. The molecule has 0 bridgehead atoms. The molecule has 0 radical (unpaired) electrons. The molecule has 7 heteroatoms. The quantitative estimate of drug-likeness (QED) is 0.545. The van der Waals surface area contributed by atoms with Crippen LogP contribution in [0.4, 0.5) is 17.5 Å². The Bertz CT molecular complexity index is 803. The number of anilines is 3. The van der Waals surface area contributed by atoms with E-state index < -0.39 is 0 Å². The number of amides is 1. The third kappa shape index (κ3) is 5.22. The minimum Gasteiger partial charge on any atom is -0.497 e. The third-order valence-electron chi connectivity index (χ3n) is 4.80. The van der Waals surface area contributed by atoms with E-state index in [0.717, 1.165) is 36.3 Å². The fourth-order valence-corrected chi connectivity index (χ4v) is 2.87. The summed E-state index contributed by atoms with van der Waals surface area (Å²) >= 11 is 0. The van der Waals surface area contributed by atoms with E-state index in [4.69, 9.17) is 4.74 Å². The minimum atomic E-state index is 0.186. The summed E-state index contributed by atoms with van der Waals surface area (Å²) in [5, 5.41) is 9.48. The van der Waals surface area contributed by atoms with Crippen LogP contribution in [-0.2, 0) is 4.79 Å². The average Bonchev–Trinajstić information content (AvgIpc) is 2.67. The summed E-state index contributed by atoms with van der Waals surface area (Å²) in [6, 6.07) is 7.55. The molecule has 3 N–H and O–H groups in total. The van der Waals surface area contributed by atoms with Gasteiger partial charge in [0, 0.05) is 36.5 Å². The van der Waals surface area contributed by atoms with Crippen LogP contribution in [0.1, 0.15) is 31.2 Å². The molecule has 1 heterocycles. The molecule has 1 aromatic heterocycles. The molecule has 2 aromatic rings. The Kier molecular flexibility index (Phi) is 6.84. The maximum absolute atomic E-state index is 11.8. The summed E-state index contributed by atoms with van der Waals surface area (Å²) < 4.78 is 5.16. The molecule has 1 aliphatic carbocycles. The highest BCUT2D eigenvalue weighted by Crippen LogP contribution is 2.26. The number of benzene rings is 1. The number of methoxy groups -OCH3 is 1. The lowest BCUT2D eigenvalue weighted by Crippen LogP contribution is -2.35. The molecule has 0 atom stereocenters. The topological polar surface area (TPSA) is 88.2 Å². The zero-order chi connectivity index (χ0) is 19.8. The predicted octanol–water partition coefficient (Wildman–Crippen LogP) is 3.59. The lowest BCUT2D eigenvalue weighted by Gasteiger charge is -2.24. The monoisotopic (exact) mass is 381 g/mol. The number of nitrogens with zero attached hydrogens (tertiary/aromatic N) is 2. The zero-order valence-electron chi connectivity index (χ0n) is 16.2. The first kappa shape index (κ1) is 19.7. The van der Waals surface area contributed by atoms with Crippen molar-refractivity contribution in [1.29, 1.82) is 0 Å². The molecular formula is C21H27N5O2. The van der Waals surface area contributed by atoms with E-state index in [0.29, 0.717) is 24.9 Å². The van der Waals surface area contributed by atoms with Gasteiger partial charge in [-0.2, -0.15) is 4.98 Å². The van der Waals surface area contributed by atoms with Crippen molar-refractivity contribution in [3.05, 3.63) is 42.6 Å². The van der Waals surface area contributed by atoms with Crippen LogP contribution in [0, 0.1) is 5.92 Å². The Hall–Kier alpha value is -3.09. The van der Waals surface area contributed by atoms with Gasteiger partial charge in [0.15, 0.2) is 0 Å². The second-order valence-electron chi connectivity index (χ2n) is 6.75. The van der Waals surface area contributed by atoms with Crippen molar-refractivity contribution < 1.29 is 9.53 Å². The van der Waals surface area contributed by atoms with Crippen LogP contribution in [0.5, 0.6) is 5.75 Å². The standard InChI is InChI=1S/C21H27N5O2/c1-3-15-14-24-21(25-17-8-10-18(28-2)11-9-17)26-19(15)22-12-5-13-23-20(27)16-6-4-7-16/h3,8-11,14,16H,1,4-7,12-13H2,2H3,(H,23,27)(H2,22,24,25,26). The average molecular weight is 381 g/mol. The SMILES string of the molecule is C=Cc1cnc(Nc2ccc(OC)cc2)nc1NCCCNC(=O)C1CCC1. The number of carbonyl (C=O) groups excluding carboxylic acids is 1. The molecule has 28 heavy (non-hydrogen) atoms. The van der Waals surface area contributed by atoms with Crippen LogP contribution in [0.3, 0.4) is 0 Å². The Balaban J connectivity index is 1.51. The molecule has 0 saturated heterocycles. The summed E-state index contributed by atoms with van der Waals surface area (Å²) in [5.41, 5.74) is 1.70. The summed E-state index contributed by atoms with van der Waals surface area (Å²) in [6.45, 7) is 5.18. The van der Waals surface area contributed by atoms with E-state index in [1.165, 1.54) is 6.42 Å². The lowest BCUT2D eigenvalue weighted by atomic mass is 9.85. The van der Waals surface area contributed by atoms with Gasteiger partial charge in [0.1, 0.15) is 11.6 Å². The van der Waals surface area contributed by atoms with Crippen molar-refractivity contribution in [3.8, 4) is 5.75 Å². The van der Waals surface area contributed by atoms with Gasteiger partial charge >= 0.3 is 0 Å². The maximum atomic E-state index is 11.8. The second kappa shape index (κ2) is 9.73. The maximum Gasteiger partial charge on any atom is 0.229 e. The highest BCUT2D eigenvalue weighted by molar-refractivity contribution is 5.79. The van der Waals surface area contributed by atoms with Crippen molar-refractivity contribution in [2.75, 3.05) is 30.8 Å². The highest BCUT2D eigenvalue weighted by atomic mass is 16.5. The van der Waals surface area contributed by atoms with E-state index in [1.54, 1.807) is 19.4 Å². The number of rotatable bonds is 10. The van der Waals surface area contributed by atoms with Crippen molar-refractivity contribution in [1.82, 2.24) is 15.3 Å². The molecule has 1 aromatic carbocycles. The van der Waals surface area contributed by atoms with Gasteiger partial charge < -0.3 is 20.7 Å². The predicted molar refractivity (Wildman–Crippen MR) is 112 cm³/mol. The van der Waals surface area contributed by atoms with Gasteiger partial charge in [0.25, 0.3) is 0 Å². The second-order valence-corrected chi connectivity index (χ2v) is 6.75. The highest BCUT2D eigenvalue weighted by Gasteiger charge is 2.24. The molecule has 1 fully saturated rings. The van der Waals surface area contributed by atoms with Crippen LogP contribution < -0.4 is 20.7 Å². The third-order valence-corrected chi connectivity index (χ3v) is 4.80. The Morgan fingerprint density at radius 1 is 1.29 bits per heavy atom. The molecule has 0 unspecified atom stereocenters. The Morgan fingerprint density at radius 2 is 2.07 bits per heavy atom. The molecule has 1 aliphatic rings. The number of nitrogens with one attached hydrogen (secondary N) is 3. The Morgan fingerprint density at radius 3 is 2.71 bits per heavy atom. The fraction of sp³-hybridized carbons (Fsp3) is 0.381. The number of hydrogen-bond acceptors (Lipinski definition) is 6. The van der Waals surface area contributed by atoms with Crippen LogP contribution in [0.15, 0.2) is 37.0 Å². The first-order valence-electron chi connectivity index (χ1n) is 9.61. The normalized spacial score (nSPS) is 13.3. The molecule has 3 rings (SSSR count). The van der Waals surface area contributed by atoms with E-state index in [1.807, 2.05) is 24.3 Å². The van der Waals surface area contributed by atoms with Gasteiger partial charge in [-0.1, -0.05) is 19.1 Å². The van der Waals surface area contributed by atoms with E-state index >= 15 is 0 Å². The number of carbonyl (C=O) groups is 1. The van der Waals surface area contributed by atoms with Gasteiger partial charge in [-0.05, 0) is 43.5 Å². The van der Waals surface area contributed by atoms with Crippen LogP contribution in [-0.4, -0.2) is 36.1 Å². The first-order chi connectivity index (χ1) is 13.7. The van der Waals surface area contributed by atoms with Crippen LogP contribution >= 0.6 is 0 Å². The van der Waals surface area contributed by atoms with Crippen LogP contribution in [0.2, 0.25) is 0 Å². The summed E-state index contributed by atoms with van der Waals surface area (Å²) in [6.07, 6.45) is 7.49. The van der Waals surface area contributed by atoms with Crippen molar-refractivity contribution in [2.45, 2.75) is 25.7 Å². The Labute approximate surface area is 165 Å². The van der Waals surface area contributed by atoms with Gasteiger partial charge in [-0.25, -0.2) is 4.98 Å². The van der Waals surface area contributed by atoms with Crippen molar-refractivity contribution >= 4 is 29.4 Å². The summed E-state index contributed by atoms with van der Waals surface area (Å²) in [7, 11) is 1.64. The van der Waals surface area contributed by atoms with Gasteiger partial charge in [-0.15, -0.1) is 0 Å². The molecular weight excluding hydrogens is 354 g/mol. The molecule has 1 saturated carbocycles. The smallest absolute Gasteiger partial charge is 0.229 e. The number of hydrogen-bond donors (Lipinski definition) is 3. The number of aromatic nitrogens is 2. The molecule has 148 valence electrons. The first-order valence-corrected chi connectivity index (χ1v) is 9.61.